The van der Waals surface area contributed by atoms with Gasteiger partial charge in [-0.25, -0.2) is 0 Å². The lowest BCUT2D eigenvalue weighted by atomic mass is 10.2. The van der Waals surface area contributed by atoms with Crippen LogP contribution >= 0.6 is 23.4 Å². The Hall–Kier alpha value is -2.16. The number of nitriles is 1. The molecule has 0 aliphatic rings. The summed E-state index contributed by atoms with van der Waals surface area (Å²) < 4.78 is 0. The molecule has 2 rings (SSSR count). The molecule has 0 fully saturated rings. The van der Waals surface area contributed by atoms with Gasteiger partial charge in [0.15, 0.2) is 0 Å². The maximum Gasteiger partial charge on any atom is 0.234 e. The second-order valence-electron chi connectivity index (χ2n) is 5.38. The molecule has 0 bridgehead atoms. The first kappa shape index (κ1) is 18.2. The topological polar surface area (TPSA) is 56.1 Å². The molecule has 2 aromatic carbocycles. The Balaban J connectivity index is 1.90. The normalized spacial score (nSPS) is 10.1. The van der Waals surface area contributed by atoms with Crippen LogP contribution in [0.5, 0.6) is 0 Å². The van der Waals surface area contributed by atoms with Crippen LogP contribution in [0.1, 0.15) is 11.1 Å². The number of nitrogens with zero attached hydrogens (tertiary/aromatic N) is 2. The van der Waals surface area contributed by atoms with Gasteiger partial charge in [-0.2, -0.15) is 5.26 Å². The molecule has 0 heterocycles. The largest absolute Gasteiger partial charge is 0.375 e. The average Bonchev–Trinajstić information content (AvgIpc) is 2.55. The molecule has 0 radical (unpaired) electrons. The zero-order valence-corrected chi connectivity index (χ0v) is 15.1. The summed E-state index contributed by atoms with van der Waals surface area (Å²) in [6.07, 6.45) is 0. The number of anilines is 2. The molecule has 0 saturated carbocycles. The van der Waals surface area contributed by atoms with E-state index in [0.717, 1.165) is 17.0 Å². The van der Waals surface area contributed by atoms with Crippen LogP contribution in [0.3, 0.4) is 0 Å². The van der Waals surface area contributed by atoms with E-state index in [1.54, 1.807) is 18.2 Å². The lowest BCUT2D eigenvalue weighted by Crippen LogP contribution is -2.18. The van der Waals surface area contributed by atoms with Crippen LogP contribution in [0.4, 0.5) is 11.4 Å². The predicted octanol–water partition coefficient (Wildman–Crippen LogP) is 4.15. The van der Waals surface area contributed by atoms with E-state index in [-0.39, 0.29) is 5.91 Å². The number of para-hydroxylation sites is 1. The van der Waals surface area contributed by atoms with Gasteiger partial charge in [0.05, 0.1) is 33.8 Å². The fraction of sp³-hybridized carbons (Fsp3) is 0.222. The molecule has 0 saturated heterocycles. The molecular weight excluding hydrogens is 342 g/mol. The molecule has 0 spiro atoms. The van der Waals surface area contributed by atoms with Gasteiger partial charge in [-0.1, -0.05) is 29.8 Å². The number of carbonyl (C=O) groups is 1. The van der Waals surface area contributed by atoms with Gasteiger partial charge in [0.1, 0.15) is 0 Å². The number of hydrogen-bond acceptors (Lipinski definition) is 4. The van der Waals surface area contributed by atoms with Crippen LogP contribution in [0.25, 0.3) is 0 Å². The molecule has 1 amide bonds. The van der Waals surface area contributed by atoms with Crippen molar-refractivity contribution < 1.29 is 4.79 Å². The maximum absolute atomic E-state index is 12.2. The molecule has 1 N–H and O–H groups in total. The Labute approximate surface area is 151 Å². The lowest BCUT2D eigenvalue weighted by molar-refractivity contribution is -0.113. The third-order valence-corrected chi connectivity index (χ3v) is 4.60. The summed E-state index contributed by atoms with van der Waals surface area (Å²) in [4.78, 5) is 14.0. The molecule has 0 aromatic heterocycles. The highest BCUT2D eigenvalue weighted by Gasteiger charge is 2.11. The molecule has 0 unspecified atom stereocenters. The van der Waals surface area contributed by atoms with Crippen LogP contribution < -0.4 is 10.2 Å². The summed E-state index contributed by atoms with van der Waals surface area (Å²) in [7, 11) is 3.77. The minimum Gasteiger partial charge on any atom is -0.375 e. The van der Waals surface area contributed by atoms with Crippen molar-refractivity contribution in [3.05, 3.63) is 58.6 Å². The Bertz CT molecular complexity index is 754. The summed E-state index contributed by atoms with van der Waals surface area (Å²) in [6, 6.07) is 14.9. The number of thioether (sulfide) groups is 1. The fourth-order valence-electron chi connectivity index (χ4n) is 2.19. The van der Waals surface area contributed by atoms with E-state index < -0.39 is 0 Å². The van der Waals surface area contributed by atoms with Gasteiger partial charge < -0.3 is 10.2 Å². The van der Waals surface area contributed by atoms with Gasteiger partial charge in [0, 0.05) is 19.8 Å². The van der Waals surface area contributed by atoms with E-state index in [1.165, 1.54) is 11.8 Å². The third-order valence-electron chi connectivity index (χ3n) is 3.29. The summed E-state index contributed by atoms with van der Waals surface area (Å²) in [6.45, 7) is 0. The number of rotatable bonds is 6. The molecule has 124 valence electrons. The van der Waals surface area contributed by atoms with Crippen LogP contribution in [0, 0.1) is 11.3 Å². The van der Waals surface area contributed by atoms with Gasteiger partial charge in [0.2, 0.25) is 5.91 Å². The Morgan fingerprint density at radius 3 is 2.58 bits per heavy atom. The molecule has 2 aromatic rings. The van der Waals surface area contributed by atoms with Gasteiger partial charge >= 0.3 is 0 Å². The van der Waals surface area contributed by atoms with Gasteiger partial charge in [-0.15, -0.1) is 11.8 Å². The van der Waals surface area contributed by atoms with Crippen molar-refractivity contribution in [2.45, 2.75) is 5.75 Å². The molecule has 4 nitrogen and oxygen atoms in total. The fourth-order valence-corrected chi connectivity index (χ4v) is 3.33. The quantitative estimate of drug-likeness (QED) is 0.841. The lowest BCUT2D eigenvalue weighted by Gasteiger charge is -2.19. The number of benzene rings is 2. The maximum atomic E-state index is 12.2. The Kier molecular flexibility index (Phi) is 6.53. The van der Waals surface area contributed by atoms with Crippen molar-refractivity contribution in [3.63, 3.8) is 0 Å². The van der Waals surface area contributed by atoms with Crippen LogP contribution in [-0.4, -0.2) is 25.8 Å². The average molecular weight is 360 g/mol. The standard InChI is InChI=1S/C18H18ClN3OS/c1-22(2)18-15(19)4-3-5-16(18)21-17(23)12-24-11-14-8-6-13(10-20)7-9-14/h3-9H,11-12H2,1-2H3,(H,21,23). The summed E-state index contributed by atoms with van der Waals surface area (Å²) in [5.74, 6) is 0.994. The predicted molar refractivity (Wildman–Crippen MR) is 102 cm³/mol. The monoisotopic (exact) mass is 359 g/mol. The SMILES string of the molecule is CN(C)c1c(Cl)cccc1NC(=O)CSCc1ccc(C#N)cc1. The molecule has 0 aliphatic carbocycles. The van der Waals surface area contributed by atoms with E-state index in [0.29, 0.717) is 22.0 Å². The van der Waals surface area contributed by atoms with Crippen molar-refractivity contribution in [1.82, 2.24) is 0 Å². The number of halogens is 1. The van der Waals surface area contributed by atoms with Crippen molar-refractivity contribution in [2.24, 2.45) is 0 Å². The molecule has 0 aliphatic heterocycles. The third kappa shape index (κ3) is 4.92. The van der Waals surface area contributed by atoms with Crippen molar-refractivity contribution in [3.8, 4) is 6.07 Å². The molecular formula is C18H18ClN3OS. The Morgan fingerprint density at radius 1 is 1.25 bits per heavy atom. The first-order valence-electron chi connectivity index (χ1n) is 7.33. The zero-order valence-electron chi connectivity index (χ0n) is 13.5. The molecule has 0 atom stereocenters. The minimum absolute atomic E-state index is 0.0704. The van der Waals surface area contributed by atoms with Gasteiger partial charge in [0.25, 0.3) is 0 Å². The highest BCUT2D eigenvalue weighted by Crippen LogP contribution is 2.32. The molecule has 6 heteroatoms. The smallest absolute Gasteiger partial charge is 0.234 e. The second-order valence-corrected chi connectivity index (χ2v) is 6.77. The number of amides is 1. The second kappa shape index (κ2) is 8.62. The zero-order chi connectivity index (χ0) is 17.5. The van der Waals surface area contributed by atoms with Crippen LogP contribution in [-0.2, 0) is 10.5 Å². The molecule has 24 heavy (non-hydrogen) atoms. The summed E-state index contributed by atoms with van der Waals surface area (Å²) in [5, 5.41) is 12.3. The van der Waals surface area contributed by atoms with Crippen LogP contribution in [0.15, 0.2) is 42.5 Å². The highest BCUT2D eigenvalue weighted by atomic mass is 35.5. The summed E-state index contributed by atoms with van der Waals surface area (Å²) in [5.41, 5.74) is 3.23. The number of hydrogen-bond donors (Lipinski definition) is 1. The first-order valence-corrected chi connectivity index (χ1v) is 8.87. The number of nitrogens with one attached hydrogen (secondary N) is 1. The highest BCUT2D eigenvalue weighted by molar-refractivity contribution is 7.99. The first-order chi connectivity index (χ1) is 11.5. The van der Waals surface area contributed by atoms with E-state index in [1.807, 2.05) is 43.3 Å². The van der Waals surface area contributed by atoms with Crippen molar-refractivity contribution >= 4 is 40.6 Å². The minimum atomic E-state index is -0.0704. The van der Waals surface area contributed by atoms with E-state index in [9.17, 15) is 4.79 Å². The van der Waals surface area contributed by atoms with Crippen molar-refractivity contribution in [2.75, 3.05) is 30.1 Å². The Morgan fingerprint density at radius 2 is 1.96 bits per heavy atom. The summed E-state index contributed by atoms with van der Waals surface area (Å²) >= 11 is 7.72. The number of carbonyl (C=O) groups excluding carboxylic acids is 1. The van der Waals surface area contributed by atoms with E-state index in [2.05, 4.69) is 11.4 Å². The van der Waals surface area contributed by atoms with E-state index in [4.69, 9.17) is 16.9 Å². The van der Waals surface area contributed by atoms with E-state index >= 15 is 0 Å². The van der Waals surface area contributed by atoms with Crippen LogP contribution in [0.2, 0.25) is 5.02 Å². The van der Waals surface area contributed by atoms with Gasteiger partial charge in [-0.05, 0) is 29.8 Å². The van der Waals surface area contributed by atoms with Gasteiger partial charge in [-0.3, -0.25) is 4.79 Å². The van der Waals surface area contributed by atoms with Crippen molar-refractivity contribution in [1.29, 1.82) is 5.26 Å².